The maximum Gasteiger partial charge on any atom is 0.150 e. The van der Waals surface area contributed by atoms with Crippen LogP contribution in [0.2, 0.25) is 0 Å². The lowest BCUT2D eigenvalue weighted by atomic mass is 10.1. The molecule has 0 aliphatic carbocycles. The first kappa shape index (κ1) is 13.2. The Morgan fingerprint density at radius 1 is 1.33 bits per heavy atom. The maximum absolute atomic E-state index is 11.3. The average molecular weight is 269 g/mol. The third kappa shape index (κ3) is 3.63. The SMILES string of the molecule is CCOc1ccc(NC[C@@H]2CCS(=O)(=O)C2)cc1. The van der Waals surface area contributed by atoms with Gasteiger partial charge in [-0.1, -0.05) is 0 Å². The molecule has 0 amide bonds. The van der Waals surface area contributed by atoms with Crippen LogP contribution in [-0.4, -0.2) is 33.1 Å². The van der Waals surface area contributed by atoms with Gasteiger partial charge in [0, 0.05) is 12.2 Å². The Balaban J connectivity index is 1.83. The molecule has 0 radical (unpaired) electrons. The first-order chi connectivity index (χ1) is 8.59. The third-order valence-corrected chi connectivity index (χ3v) is 4.92. The molecule has 1 fully saturated rings. The zero-order valence-electron chi connectivity index (χ0n) is 10.6. The number of hydrogen-bond donors (Lipinski definition) is 1. The van der Waals surface area contributed by atoms with Crippen LogP contribution in [0.15, 0.2) is 24.3 Å². The van der Waals surface area contributed by atoms with E-state index in [4.69, 9.17) is 4.74 Å². The molecule has 1 N–H and O–H groups in total. The van der Waals surface area contributed by atoms with Gasteiger partial charge in [0.05, 0.1) is 18.1 Å². The lowest BCUT2D eigenvalue weighted by Gasteiger charge is -2.11. The van der Waals surface area contributed by atoms with Crippen molar-refractivity contribution in [2.75, 3.05) is 30.0 Å². The van der Waals surface area contributed by atoms with Gasteiger partial charge in [0.1, 0.15) is 5.75 Å². The molecule has 1 aliphatic rings. The summed E-state index contributed by atoms with van der Waals surface area (Å²) in [6, 6.07) is 7.73. The highest BCUT2D eigenvalue weighted by molar-refractivity contribution is 7.91. The standard InChI is InChI=1S/C13H19NO3S/c1-2-17-13-5-3-12(4-6-13)14-9-11-7-8-18(15,16)10-11/h3-6,11,14H,2,7-10H2,1H3/t11-/m0/s1. The molecule has 1 atom stereocenters. The number of nitrogens with one attached hydrogen (secondary N) is 1. The van der Waals surface area contributed by atoms with Gasteiger partial charge in [0.25, 0.3) is 0 Å². The summed E-state index contributed by atoms with van der Waals surface area (Å²) in [5, 5.41) is 3.27. The van der Waals surface area contributed by atoms with Crippen LogP contribution in [0.5, 0.6) is 5.75 Å². The molecular formula is C13H19NO3S. The van der Waals surface area contributed by atoms with E-state index < -0.39 is 9.84 Å². The fourth-order valence-electron chi connectivity index (χ4n) is 2.13. The zero-order valence-corrected chi connectivity index (χ0v) is 11.4. The Morgan fingerprint density at radius 3 is 2.61 bits per heavy atom. The third-order valence-electron chi connectivity index (χ3n) is 3.09. The molecule has 1 heterocycles. The summed E-state index contributed by atoms with van der Waals surface area (Å²) in [4.78, 5) is 0. The number of anilines is 1. The summed E-state index contributed by atoms with van der Waals surface area (Å²) >= 11 is 0. The van der Waals surface area contributed by atoms with Gasteiger partial charge in [-0.15, -0.1) is 0 Å². The van der Waals surface area contributed by atoms with Gasteiger partial charge in [-0.25, -0.2) is 8.42 Å². The molecule has 1 saturated heterocycles. The van der Waals surface area contributed by atoms with Crippen LogP contribution in [0.1, 0.15) is 13.3 Å². The minimum Gasteiger partial charge on any atom is -0.494 e. The molecule has 5 heteroatoms. The van der Waals surface area contributed by atoms with Crippen molar-refractivity contribution >= 4 is 15.5 Å². The van der Waals surface area contributed by atoms with Crippen molar-refractivity contribution in [1.82, 2.24) is 0 Å². The summed E-state index contributed by atoms with van der Waals surface area (Å²) in [6.07, 6.45) is 0.770. The minimum atomic E-state index is -2.77. The summed E-state index contributed by atoms with van der Waals surface area (Å²) in [5.41, 5.74) is 1.00. The van der Waals surface area contributed by atoms with Crippen LogP contribution in [0.4, 0.5) is 5.69 Å². The lowest BCUT2D eigenvalue weighted by Crippen LogP contribution is -2.15. The monoisotopic (exact) mass is 269 g/mol. The van der Waals surface area contributed by atoms with Gasteiger partial charge < -0.3 is 10.1 Å². The maximum atomic E-state index is 11.3. The van der Waals surface area contributed by atoms with Crippen molar-refractivity contribution in [2.45, 2.75) is 13.3 Å². The Morgan fingerprint density at radius 2 is 2.06 bits per heavy atom. The number of benzene rings is 1. The van der Waals surface area contributed by atoms with Gasteiger partial charge in [0.15, 0.2) is 9.84 Å². The molecule has 0 spiro atoms. The molecule has 1 aromatic carbocycles. The van der Waals surface area contributed by atoms with E-state index in [-0.39, 0.29) is 5.92 Å². The largest absolute Gasteiger partial charge is 0.494 e. The second-order valence-corrected chi connectivity index (χ2v) is 6.84. The quantitative estimate of drug-likeness (QED) is 0.887. The molecule has 0 aromatic heterocycles. The highest BCUT2D eigenvalue weighted by Gasteiger charge is 2.27. The Bertz CT molecular complexity index is 481. The van der Waals surface area contributed by atoms with Crippen LogP contribution in [0.25, 0.3) is 0 Å². The van der Waals surface area contributed by atoms with E-state index in [1.165, 1.54) is 0 Å². The van der Waals surface area contributed by atoms with Crippen LogP contribution >= 0.6 is 0 Å². The smallest absolute Gasteiger partial charge is 0.150 e. The van der Waals surface area contributed by atoms with Crippen LogP contribution in [-0.2, 0) is 9.84 Å². The number of hydrogen-bond acceptors (Lipinski definition) is 4. The van der Waals surface area contributed by atoms with E-state index in [0.717, 1.165) is 17.9 Å². The number of ether oxygens (including phenoxy) is 1. The summed E-state index contributed by atoms with van der Waals surface area (Å²) in [6.45, 7) is 3.33. The molecule has 2 rings (SSSR count). The Labute approximate surface area is 108 Å². The van der Waals surface area contributed by atoms with E-state index in [1.54, 1.807) is 0 Å². The Kier molecular flexibility index (Phi) is 4.11. The van der Waals surface area contributed by atoms with Crippen molar-refractivity contribution in [3.63, 3.8) is 0 Å². The first-order valence-corrected chi connectivity index (χ1v) is 8.08. The topological polar surface area (TPSA) is 55.4 Å². The van der Waals surface area contributed by atoms with Gasteiger partial charge >= 0.3 is 0 Å². The van der Waals surface area contributed by atoms with Crippen molar-refractivity contribution in [2.24, 2.45) is 5.92 Å². The molecule has 100 valence electrons. The normalized spacial score (nSPS) is 21.7. The molecule has 0 saturated carbocycles. The average Bonchev–Trinajstić information content (AvgIpc) is 2.69. The minimum absolute atomic E-state index is 0.238. The predicted molar refractivity (Wildman–Crippen MR) is 72.9 cm³/mol. The van der Waals surface area contributed by atoms with Crippen molar-refractivity contribution < 1.29 is 13.2 Å². The van der Waals surface area contributed by atoms with Gasteiger partial charge in [-0.3, -0.25) is 0 Å². The highest BCUT2D eigenvalue weighted by Crippen LogP contribution is 2.20. The number of rotatable bonds is 5. The van der Waals surface area contributed by atoms with E-state index >= 15 is 0 Å². The molecule has 1 aromatic rings. The summed E-state index contributed by atoms with van der Waals surface area (Å²) in [5.74, 6) is 1.74. The highest BCUT2D eigenvalue weighted by atomic mass is 32.2. The Hall–Kier alpha value is -1.23. The second kappa shape index (κ2) is 5.61. The molecule has 1 aliphatic heterocycles. The van der Waals surface area contributed by atoms with Gasteiger partial charge in [0.2, 0.25) is 0 Å². The van der Waals surface area contributed by atoms with Crippen LogP contribution in [0, 0.1) is 5.92 Å². The van der Waals surface area contributed by atoms with Crippen molar-refractivity contribution in [3.8, 4) is 5.75 Å². The van der Waals surface area contributed by atoms with E-state index in [2.05, 4.69) is 5.32 Å². The molecule has 0 unspecified atom stereocenters. The van der Waals surface area contributed by atoms with Crippen molar-refractivity contribution in [3.05, 3.63) is 24.3 Å². The summed E-state index contributed by atoms with van der Waals surface area (Å²) in [7, 11) is -2.77. The van der Waals surface area contributed by atoms with E-state index in [9.17, 15) is 8.42 Å². The van der Waals surface area contributed by atoms with Crippen molar-refractivity contribution in [1.29, 1.82) is 0 Å². The fourth-order valence-corrected chi connectivity index (χ4v) is 3.99. The second-order valence-electron chi connectivity index (χ2n) is 4.61. The molecule has 18 heavy (non-hydrogen) atoms. The van der Waals surface area contributed by atoms with Crippen LogP contribution < -0.4 is 10.1 Å². The predicted octanol–water partition coefficient (Wildman–Crippen LogP) is 1.93. The van der Waals surface area contributed by atoms with E-state index in [1.807, 2.05) is 31.2 Å². The zero-order chi connectivity index (χ0) is 13.0. The van der Waals surface area contributed by atoms with E-state index in [0.29, 0.717) is 24.7 Å². The fraction of sp³-hybridized carbons (Fsp3) is 0.538. The first-order valence-electron chi connectivity index (χ1n) is 6.26. The molecular weight excluding hydrogens is 250 g/mol. The molecule has 4 nitrogen and oxygen atoms in total. The van der Waals surface area contributed by atoms with Gasteiger partial charge in [-0.2, -0.15) is 0 Å². The number of sulfone groups is 1. The molecule has 0 bridgehead atoms. The van der Waals surface area contributed by atoms with Crippen LogP contribution in [0.3, 0.4) is 0 Å². The summed E-state index contributed by atoms with van der Waals surface area (Å²) < 4.78 is 28.0. The lowest BCUT2D eigenvalue weighted by molar-refractivity contribution is 0.340. The van der Waals surface area contributed by atoms with Gasteiger partial charge in [-0.05, 0) is 43.5 Å².